The summed E-state index contributed by atoms with van der Waals surface area (Å²) < 4.78 is 47.7. The lowest BCUT2D eigenvalue weighted by atomic mass is 9.79. The predicted molar refractivity (Wildman–Crippen MR) is 197 cm³/mol. The summed E-state index contributed by atoms with van der Waals surface area (Å²) in [6.07, 6.45) is 3.00. The Kier molecular flexibility index (Phi) is 7.79. The number of hydrogen-bond donors (Lipinski definition) is 1. The molecule has 1 amide bonds. The Morgan fingerprint density at radius 1 is 1.24 bits per heavy atom. The number of aryl methyl sites for hydroxylation is 3. The molecule has 1 N–H and O–H groups in total. The highest BCUT2D eigenvalue weighted by atomic mass is 35.5. The molecule has 10 rings (SSSR count). The molecular formula is C39H37Cl2FN6O2S. The van der Waals surface area contributed by atoms with Crippen molar-refractivity contribution >= 4 is 62.4 Å². The van der Waals surface area contributed by atoms with Crippen LogP contribution in [0.5, 0.6) is 0 Å². The first-order chi connectivity index (χ1) is 25.5. The lowest BCUT2D eigenvalue weighted by Gasteiger charge is -2.39. The SMILES string of the molecule is [2H]C([2H])(OC1CC(c2cc3c(C)nc4c(F)c(-c5cccc(Cl)c5Cl)c(CCC#N)cc4c3n2C2C3CNC2C3)N(C(=O)C2CC2)C1)c1nscc1C. The van der Waals surface area contributed by atoms with Gasteiger partial charge in [-0.15, -0.1) is 0 Å². The summed E-state index contributed by atoms with van der Waals surface area (Å²) in [5, 5.41) is 17.1. The standard InChI is InChI=1S/C39H37Cl2FN6O2S/c1-19-18-51-46-30(19)17-50-24-13-31(47(16-24)39(49)21-8-9-21)32-14-26-20(2)45-36-27(38(26)48(32)37-23-12-29(37)44-15-23)11-22(5-4-10-43)33(35(36)42)25-6-3-7-28(40)34(25)41/h3,6-7,11,14,18,21,23-24,29,31,37,44H,4-5,8-9,12-13,15-17H2,1-2H3/i17D2. The Morgan fingerprint density at radius 2 is 2.08 bits per heavy atom. The van der Waals surface area contributed by atoms with Crippen LogP contribution in [-0.4, -0.2) is 50.0 Å². The third-order valence-corrected chi connectivity index (χ3v) is 12.9. The van der Waals surface area contributed by atoms with Gasteiger partial charge in [0.15, 0.2) is 5.82 Å². The van der Waals surface area contributed by atoms with Crippen LogP contribution in [0, 0.1) is 42.8 Å². The number of nitrogens with zero attached hydrogens (tertiary/aromatic N) is 5. The maximum Gasteiger partial charge on any atom is 0.226 e. The van der Waals surface area contributed by atoms with Gasteiger partial charge in [-0.3, -0.25) is 4.79 Å². The molecule has 6 heterocycles. The zero-order valence-electron chi connectivity index (χ0n) is 30.2. The summed E-state index contributed by atoms with van der Waals surface area (Å²) in [6, 6.07) is 11.3. The molecule has 2 aromatic carbocycles. The highest BCUT2D eigenvalue weighted by Crippen LogP contribution is 2.51. The fraction of sp³-hybridized carbons (Fsp3) is 0.436. The largest absolute Gasteiger partial charge is 0.370 e. The van der Waals surface area contributed by atoms with Crippen molar-refractivity contribution in [3.8, 4) is 17.2 Å². The van der Waals surface area contributed by atoms with Crippen LogP contribution in [0.4, 0.5) is 4.39 Å². The third-order valence-electron chi connectivity index (χ3n) is 11.3. The van der Waals surface area contributed by atoms with Crippen LogP contribution in [0.2, 0.25) is 10.0 Å². The lowest BCUT2D eigenvalue weighted by molar-refractivity contribution is -0.134. The van der Waals surface area contributed by atoms with Gasteiger partial charge in [-0.2, -0.15) is 9.64 Å². The molecular weight excluding hydrogens is 706 g/mol. The normalized spacial score (nSPS) is 24.9. The number of benzene rings is 2. The van der Waals surface area contributed by atoms with Crippen molar-refractivity contribution in [1.29, 1.82) is 5.26 Å². The predicted octanol–water partition coefficient (Wildman–Crippen LogP) is 8.63. The van der Waals surface area contributed by atoms with E-state index in [0.717, 1.165) is 48.0 Å². The van der Waals surface area contributed by atoms with Gasteiger partial charge in [0.2, 0.25) is 5.91 Å². The molecule has 5 aliphatic rings. The molecule has 0 spiro atoms. The van der Waals surface area contributed by atoms with Crippen molar-refractivity contribution in [2.24, 2.45) is 11.8 Å². The van der Waals surface area contributed by atoms with Crippen molar-refractivity contribution in [1.82, 2.24) is 24.1 Å². The molecule has 5 unspecified atom stereocenters. The van der Waals surface area contributed by atoms with Gasteiger partial charge in [-0.05, 0) is 86.3 Å². The second-order valence-corrected chi connectivity index (χ2v) is 15.9. The highest BCUT2D eigenvalue weighted by molar-refractivity contribution is 7.03. The van der Waals surface area contributed by atoms with Crippen molar-refractivity contribution in [3.63, 3.8) is 0 Å². The Hall–Kier alpha value is -3.59. The second kappa shape index (κ2) is 12.8. The minimum atomic E-state index is -2.13. The topological polar surface area (TPSA) is 96.1 Å². The number of ether oxygens (including phenoxy) is 1. The maximum absolute atomic E-state index is 17.2. The molecule has 5 atom stereocenters. The van der Waals surface area contributed by atoms with E-state index >= 15 is 4.39 Å². The van der Waals surface area contributed by atoms with Gasteiger partial charge in [0.25, 0.3) is 0 Å². The van der Waals surface area contributed by atoms with Crippen LogP contribution < -0.4 is 5.32 Å². The lowest BCUT2D eigenvalue weighted by Crippen LogP contribution is -2.41. The quantitative estimate of drug-likeness (QED) is 0.162. The molecule has 51 heavy (non-hydrogen) atoms. The minimum absolute atomic E-state index is 0.0501. The molecule has 2 saturated carbocycles. The Balaban J connectivity index is 1.24. The summed E-state index contributed by atoms with van der Waals surface area (Å²) >= 11 is 14.3. The molecule has 5 fully saturated rings. The Bertz CT molecular complexity index is 2360. The van der Waals surface area contributed by atoms with Crippen LogP contribution in [0.3, 0.4) is 0 Å². The smallest absolute Gasteiger partial charge is 0.226 e. The Labute approximate surface area is 312 Å². The molecule has 5 aromatic rings. The summed E-state index contributed by atoms with van der Waals surface area (Å²) in [4.78, 5) is 20.8. The highest BCUT2D eigenvalue weighted by Gasteiger charge is 2.51. The summed E-state index contributed by atoms with van der Waals surface area (Å²) in [5.74, 6) is -0.155. The third kappa shape index (κ3) is 5.47. The average molecular weight is 746 g/mol. The first-order valence-corrected chi connectivity index (χ1v) is 19.2. The number of halogens is 3. The maximum atomic E-state index is 17.2. The molecule has 3 saturated heterocycles. The first kappa shape index (κ1) is 31.0. The number of nitriles is 1. The summed E-state index contributed by atoms with van der Waals surface area (Å²) in [5.41, 5.74) is 4.99. The molecule has 12 heteroatoms. The number of pyridine rings is 1. The summed E-state index contributed by atoms with van der Waals surface area (Å²) in [7, 11) is 0. The van der Waals surface area contributed by atoms with Gasteiger partial charge >= 0.3 is 0 Å². The van der Waals surface area contributed by atoms with E-state index in [0.29, 0.717) is 46.0 Å². The van der Waals surface area contributed by atoms with Crippen LogP contribution in [-0.2, 0) is 22.5 Å². The number of amides is 1. The zero-order chi connectivity index (χ0) is 36.9. The number of hydrogen-bond acceptors (Lipinski definition) is 7. The van der Waals surface area contributed by atoms with Gasteiger partial charge in [0.1, 0.15) is 5.52 Å². The number of carbonyl (C=O) groups excluding carboxylic acids is 1. The molecule has 2 aliphatic carbocycles. The van der Waals surface area contributed by atoms with E-state index < -0.39 is 24.5 Å². The number of aromatic nitrogens is 3. The van der Waals surface area contributed by atoms with Crippen LogP contribution in [0.1, 0.15) is 75.1 Å². The number of fused-ring (bicyclic) bond motifs is 4. The Morgan fingerprint density at radius 3 is 2.78 bits per heavy atom. The molecule has 2 bridgehead atoms. The van der Waals surface area contributed by atoms with Crippen LogP contribution in [0.15, 0.2) is 35.7 Å². The van der Waals surface area contributed by atoms with Gasteiger partial charge in [-0.1, -0.05) is 35.3 Å². The van der Waals surface area contributed by atoms with E-state index in [9.17, 15) is 10.1 Å². The number of nitrogens with one attached hydrogen (secondary N) is 1. The van der Waals surface area contributed by atoms with Gasteiger partial charge < -0.3 is 19.5 Å². The second-order valence-electron chi connectivity index (χ2n) is 14.5. The molecule has 262 valence electrons. The molecule has 0 radical (unpaired) electrons. The van der Waals surface area contributed by atoms with E-state index in [2.05, 4.69) is 26.4 Å². The van der Waals surface area contributed by atoms with Crippen molar-refractivity contribution < 1.29 is 16.7 Å². The number of rotatable bonds is 9. The van der Waals surface area contributed by atoms with E-state index in [1.807, 2.05) is 24.8 Å². The van der Waals surface area contributed by atoms with E-state index in [4.69, 9.17) is 35.7 Å². The fourth-order valence-electron chi connectivity index (χ4n) is 8.59. The van der Waals surface area contributed by atoms with Crippen molar-refractivity contribution in [2.75, 3.05) is 13.1 Å². The van der Waals surface area contributed by atoms with Gasteiger partial charge in [-0.25, -0.2) is 9.37 Å². The molecule has 8 nitrogen and oxygen atoms in total. The fourth-order valence-corrected chi connectivity index (χ4v) is 9.60. The first-order valence-electron chi connectivity index (χ1n) is 18.6. The van der Waals surface area contributed by atoms with E-state index in [1.54, 1.807) is 23.6 Å². The molecule has 3 aliphatic heterocycles. The number of likely N-dealkylation sites (tertiary alicyclic amines) is 1. The molecule has 3 aromatic heterocycles. The van der Waals surface area contributed by atoms with Gasteiger partial charge in [0.05, 0.1) is 54.8 Å². The zero-order valence-corrected chi connectivity index (χ0v) is 30.5. The monoisotopic (exact) mass is 744 g/mol. The number of carbonyl (C=O) groups is 1. The summed E-state index contributed by atoms with van der Waals surface area (Å²) in [6.45, 7) is 2.70. The average Bonchev–Trinajstić information content (AvgIpc) is 3.57. The van der Waals surface area contributed by atoms with E-state index in [-0.39, 0.29) is 58.7 Å². The van der Waals surface area contributed by atoms with Crippen LogP contribution >= 0.6 is 34.7 Å². The van der Waals surface area contributed by atoms with Gasteiger partial charge in [0, 0.05) is 76.6 Å². The minimum Gasteiger partial charge on any atom is -0.370 e. The van der Waals surface area contributed by atoms with Crippen molar-refractivity contribution in [2.45, 2.75) is 83.2 Å². The van der Waals surface area contributed by atoms with Crippen LogP contribution in [0.25, 0.3) is 32.9 Å². The van der Waals surface area contributed by atoms with E-state index in [1.165, 1.54) is 11.5 Å². The van der Waals surface area contributed by atoms with Crippen molar-refractivity contribution in [3.05, 3.63) is 79.8 Å².